The lowest BCUT2D eigenvalue weighted by molar-refractivity contribution is -0.122. The summed E-state index contributed by atoms with van der Waals surface area (Å²) in [5, 5.41) is 3.46. The topological polar surface area (TPSA) is 79.5 Å². The van der Waals surface area contributed by atoms with Gasteiger partial charge in [0.25, 0.3) is 0 Å². The van der Waals surface area contributed by atoms with E-state index in [0.29, 0.717) is 35.2 Å². The van der Waals surface area contributed by atoms with E-state index in [1.54, 1.807) is 18.2 Å². The number of benzene rings is 1. The number of nitrogens with one attached hydrogen (secondary N) is 3. The number of hydrogen-bond acceptors (Lipinski definition) is 4. The molecule has 0 atom stereocenters. The summed E-state index contributed by atoms with van der Waals surface area (Å²) in [6.45, 7) is 2.21. The first-order chi connectivity index (χ1) is 11.4. The van der Waals surface area contributed by atoms with Crippen molar-refractivity contribution in [2.24, 2.45) is 0 Å². The standard InChI is InChI=1S/C15H19Cl2N3O3S/c1-2-4-13(21)18-15(24)20-19-14(22)5-3-8-23-12-7-6-10(16)9-11(12)17/h6-7,9H,2-5,8H2,1H3,(H,19,22)(H2,18,20,21,24). The van der Waals surface area contributed by atoms with E-state index in [0.717, 1.165) is 6.42 Å². The summed E-state index contributed by atoms with van der Waals surface area (Å²) in [5.41, 5.74) is 4.87. The first kappa shape index (κ1) is 20.5. The number of carbonyl (C=O) groups excluding carboxylic acids is 2. The van der Waals surface area contributed by atoms with E-state index < -0.39 is 0 Å². The van der Waals surface area contributed by atoms with Crippen LogP contribution in [-0.4, -0.2) is 23.5 Å². The van der Waals surface area contributed by atoms with Gasteiger partial charge in [0.2, 0.25) is 11.8 Å². The Morgan fingerprint density at radius 3 is 2.58 bits per heavy atom. The monoisotopic (exact) mass is 391 g/mol. The number of halogens is 2. The molecular weight excluding hydrogens is 373 g/mol. The zero-order chi connectivity index (χ0) is 17.9. The molecule has 0 aromatic heterocycles. The summed E-state index contributed by atoms with van der Waals surface area (Å²) in [4.78, 5) is 22.9. The lowest BCUT2D eigenvalue weighted by atomic mass is 10.3. The normalized spacial score (nSPS) is 9.96. The second-order valence-corrected chi connectivity index (χ2v) is 6.08. The minimum absolute atomic E-state index is 0.0611. The number of ether oxygens (including phenoxy) is 1. The largest absolute Gasteiger partial charge is 0.492 e. The first-order valence-corrected chi connectivity index (χ1v) is 8.55. The molecule has 0 fully saturated rings. The molecule has 0 heterocycles. The fourth-order valence-corrected chi connectivity index (χ4v) is 2.27. The lowest BCUT2D eigenvalue weighted by Gasteiger charge is -2.11. The molecule has 0 saturated carbocycles. The third-order valence-corrected chi connectivity index (χ3v) is 3.48. The minimum Gasteiger partial charge on any atom is -0.492 e. The van der Waals surface area contributed by atoms with Crippen LogP contribution in [0.5, 0.6) is 5.75 Å². The van der Waals surface area contributed by atoms with Crippen LogP contribution in [0.1, 0.15) is 32.6 Å². The number of thiocarbonyl (C=S) groups is 1. The van der Waals surface area contributed by atoms with Gasteiger partial charge in [0.15, 0.2) is 5.11 Å². The van der Waals surface area contributed by atoms with Gasteiger partial charge in [0.05, 0.1) is 11.6 Å². The molecule has 0 unspecified atom stereocenters. The Morgan fingerprint density at radius 2 is 1.92 bits per heavy atom. The van der Waals surface area contributed by atoms with Crippen molar-refractivity contribution < 1.29 is 14.3 Å². The number of hydrazine groups is 1. The van der Waals surface area contributed by atoms with E-state index >= 15 is 0 Å². The van der Waals surface area contributed by atoms with E-state index in [-0.39, 0.29) is 23.3 Å². The highest BCUT2D eigenvalue weighted by Crippen LogP contribution is 2.27. The van der Waals surface area contributed by atoms with Crippen molar-refractivity contribution in [2.45, 2.75) is 32.6 Å². The molecule has 0 spiro atoms. The van der Waals surface area contributed by atoms with Crippen molar-refractivity contribution in [3.63, 3.8) is 0 Å². The average molecular weight is 392 g/mol. The molecule has 3 N–H and O–H groups in total. The molecule has 9 heteroatoms. The number of amides is 2. The molecule has 1 aromatic carbocycles. The molecule has 0 bridgehead atoms. The van der Waals surface area contributed by atoms with Crippen LogP contribution in [0.25, 0.3) is 0 Å². The predicted octanol–water partition coefficient (Wildman–Crippen LogP) is 2.97. The maximum Gasteiger partial charge on any atom is 0.238 e. The van der Waals surface area contributed by atoms with Gasteiger partial charge in [-0.2, -0.15) is 0 Å². The van der Waals surface area contributed by atoms with Crippen LogP contribution in [0.2, 0.25) is 10.0 Å². The SMILES string of the molecule is CCCC(=O)NC(=S)NNC(=O)CCCOc1ccc(Cl)cc1Cl. The lowest BCUT2D eigenvalue weighted by Crippen LogP contribution is -2.48. The van der Waals surface area contributed by atoms with Crippen LogP contribution in [0.4, 0.5) is 0 Å². The van der Waals surface area contributed by atoms with Crippen LogP contribution >= 0.6 is 35.4 Å². The van der Waals surface area contributed by atoms with Gasteiger partial charge in [0, 0.05) is 17.9 Å². The third kappa shape index (κ3) is 8.33. The quantitative estimate of drug-likeness (QED) is 0.378. The number of hydrogen-bond donors (Lipinski definition) is 3. The van der Waals surface area contributed by atoms with Crippen molar-refractivity contribution in [3.8, 4) is 5.75 Å². The number of rotatable bonds is 7. The van der Waals surface area contributed by atoms with Crippen LogP contribution in [0, 0.1) is 0 Å². The van der Waals surface area contributed by atoms with Gasteiger partial charge in [-0.15, -0.1) is 0 Å². The van der Waals surface area contributed by atoms with Crippen molar-refractivity contribution in [1.82, 2.24) is 16.2 Å². The Morgan fingerprint density at radius 1 is 1.17 bits per heavy atom. The van der Waals surface area contributed by atoms with Crippen molar-refractivity contribution in [2.75, 3.05) is 6.61 Å². The molecule has 2 amide bonds. The molecule has 0 aliphatic rings. The van der Waals surface area contributed by atoms with E-state index in [1.807, 2.05) is 6.92 Å². The average Bonchev–Trinajstić information content (AvgIpc) is 2.51. The Labute approximate surface area is 156 Å². The second kappa shape index (κ2) is 11.1. The molecule has 0 aliphatic heterocycles. The Balaban J connectivity index is 2.18. The van der Waals surface area contributed by atoms with Crippen molar-refractivity contribution in [3.05, 3.63) is 28.2 Å². The van der Waals surface area contributed by atoms with Crippen LogP contribution in [0.3, 0.4) is 0 Å². The summed E-state index contributed by atoms with van der Waals surface area (Å²) < 4.78 is 5.47. The molecule has 0 radical (unpaired) electrons. The summed E-state index contributed by atoms with van der Waals surface area (Å²) in [6, 6.07) is 4.93. The molecule has 6 nitrogen and oxygen atoms in total. The summed E-state index contributed by atoms with van der Waals surface area (Å²) in [6.07, 6.45) is 1.81. The van der Waals surface area contributed by atoms with Crippen LogP contribution < -0.4 is 20.9 Å². The van der Waals surface area contributed by atoms with Crippen molar-refractivity contribution in [1.29, 1.82) is 0 Å². The number of carbonyl (C=O) groups is 2. The Bertz CT molecular complexity index is 599. The molecule has 24 heavy (non-hydrogen) atoms. The van der Waals surface area contributed by atoms with Gasteiger partial charge in [0.1, 0.15) is 5.75 Å². The molecule has 1 aromatic rings. The zero-order valence-electron chi connectivity index (χ0n) is 13.2. The Kier molecular flexibility index (Phi) is 9.44. The van der Waals surface area contributed by atoms with Crippen molar-refractivity contribution >= 4 is 52.3 Å². The molecule has 0 aliphatic carbocycles. The highest BCUT2D eigenvalue weighted by atomic mass is 35.5. The molecular formula is C15H19Cl2N3O3S. The fraction of sp³-hybridized carbons (Fsp3) is 0.400. The highest BCUT2D eigenvalue weighted by Gasteiger charge is 2.06. The summed E-state index contributed by atoms with van der Waals surface area (Å²) in [7, 11) is 0. The summed E-state index contributed by atoms with van der Waals surface area (Å²) in [5.74, 6) is 0.0461. The Hall–Kier alpha value is -1.57. The summed E-state index contributed by atoms with van der Waals surface area (Å²) >= 11 is 16.6. The maximum atomic E-state index is 11.6. The predicted molar refractivity (Wildman–Crippen MR) is 98.1 cm³/mol. The molecule has 0 saturated heterocycles. The molecule has 1 rings (SSSR count). The highest BCUT2D eigenvalue weighted by molar-refractivity contribution is 7.80. The van der Waals surface area contributed by atoms with Gasteiger partial charge < -0.3 is 10.1 Å². The molecule has 132 valence electrons. The first-order valence-electron chi connectivity index (χ1n) is 7.39. The van der Waals surface area contributed by atoms with Gasteiger partial charge in [-0.25, -0.2) is 0 Å². The van der Waals surface area contributed by atoms with E-state index in [4.69, 9.17) is 40.2 Å². The van der Waals surface area contributed by atoms with Gasteiger partial charge in [-0.05, 0) is 43.3 Å². The zero-order valence-corrected chi connectivity index (χ0v) is 15.5. The third-order valence-electron chi connectivity index (χ3n) is 2.75. The van der Waals surface area contributed by atoms with E-state index in [9.17, 15) is 9.59 Å². The van der Waals surface area contributed by atoms with Gasteiger partial charge in [-0.3, -0.25) is 20.4 Å². The van der Waals surface area contributed by atoms with Gasteiger partial charge in [-0.1, -0.05) is 30.1 Å². The smallest absolute Gasteiger partial charge is 0.238 e. The minimum atomic E-state index is -0.270. The van der Waals surface area contributed by atoms with Gasteiger partial charge >= 0.3 is 0 Å². The van der Waals surface area contributed by atoms with E-state index in [1.165, 1.54) is 0 Å². The van der Waals surface area contributed by atoms with Crippen LogP contribution in [0.15, 0.2) is 18.2 Å². The second-order valence-electron chi connectivity index (χ2n) is 4.83. The maximum absolute atomic E-state index is 11.6. The fourth-order valence-electron chi connectivity index (χ4n) is 1.64. The van der Waals surface area contributed by atoms with Crippen LogP contribution in [-0.2, 0) is 9.59 Å². The van der Waals surface area contributed by atoms with E-state index in [2.05, 4.69) is 16.2 Å².